The number of benzene rings is 2. The first-order valence-corrected chi connectivity index (χ1v) is 10.3. The number of nitrogens with zero attached hydrogens (tertiary/aromatic N) is 1. The number of carbonyl (C=O) groups is 5. The van der Waals surface area contributed by atoms with Gasteiger partial charge < -0.3 is 4.90 Å². The maximum Gasteiger partial charge on any atom is 0.416 e. The number of amides is 5. The first-order chi connectivity index (χ1) is 16.0. The lowest BCUT2D eigenvalue weighted by Crippen LogP contribution is -2.52. The Hall–Kier alpha value is -4.02. The molecule has 8 nitrogen and oxygen atoms in total. The number of hydrogen-bond acceptors (Lipinski definition) is 5. The Morgan fingerprint density at radius 1 is 1.09 bits per heavy atom. The van der Waals surface area contributed by atoms with E-state index in [1.807, 2.05) is 0 Å². The molecular weight excluding hydrogens is 455 g/mol. The van der Waals surface area contributed by atoms with Crippen molar-refractivity contribution < 1.29 is 37.1 Å². The normalized spacial score (nSPS) is 17.9. The zero-order valence-corrected chi connectivity index (χ0v) is 17.6. The third kappa shape index (κ3) is 4.54. The molecule has 2 N–H and O–H groups in total. The van der Waals surface area contributed by atoms with Gasteiger partial charge in [0, 0.05) is 13.0 Å². The van der Waals surface area contributed by atoms with E-state index in [-0.39, 0.29) is 36.1 Å². The lowest BCUT2D eigenvalue weighted by atomic mass is 10.0. The van der Waals surface area contributed by atoms with Gasteiger partial charge in [-0.1, -0.05) is 30.3 Å². The number of rotatable bonds is 4. The number of carbonyl (C=O) groups excluding carboxylic acids is 5. The van der Waals surface area contributed by atoms with Gasteiger partial charge in [-0.15, -0.1) is 0 Å². The summed E-state index contributed by atoms with van der Waals surface area (Å²) in [5.41, 5.74) is -0.415. The van der Waals surface area contributed by atoms with Crippen molar-refractivity contribution in [1.29, 1.82) is 0 Å². The van der Waals surface area contributed by atoms with Crippen LogP contribution in [0.15, 0.2) is 42.5 Å². The molecule has 2 aromatic rings. The maximum absolute atomic E-state index is 13.0. The highest BCUT2D eigenvalue weighted by Gasteiger charge is 2.40. The van der Waals surface area contributed by atoms with Crippen LogP contribution in [0, 0.1) is 0 Å². The molecule has 11 heteroatoms. The molecule has 0 aromatic heterocycles. The maximum atomic E-state index is 13.0. The molecule has 0 spiro atoms. The third-order valence-corrected chi connectivity index (χ3v) is 5.67. The van der Waals surface area contributed by atoms with Gasteiger partial charge in [0.15, 0.2) is 0 Å². The molecule has 4 rings (SSSR count). The van der Waals surface area contributed by atoms with Gasteiger partial charge in [0.2, 0.25) is 17.7 Å². The van der Waals surface area contributed by atoms with Crippen molar-refractivity contribution in [3.63, 3.8) is 0 Å². The zero-order valence-electron chi connectivity index (χ0n) is 17.6. The van der Waals surface area contributed by atoms with Crippen LogP contribution in [-0.2, 0) is 33.5 Å². The van der Waals surface area contributed by atoms with E-state index >= 15 is 0 Å². The van der Waals surface area contributed by atoms with E-state index in [1.54, 1.807) is 6.07 Å². The van der Waals surface area contributed by atoms with Crippen LogP contribution in [0.4, 0.5) is 13.2 Å². The zero-order chi connectivity index (χ0) is 24.6. The van der Waals surface area contributed by atoms with Crippen molar-refractivity contribution in [1.82, 2.24) is 15.5 Å². The molecule has 2 aromatic carbocycles. The van der Waals surface area contributed by atoms with E-state index < -0.39 is 53.7 Å². The van der Waals surface area contributed by atoms with Gasteiger partial charge in [-0.25, -0.2) is 0 Å². The fourth-order valence-electron chi connectivity index (χ4n) is 4.09. The number of piperidine rings is 1. The molecule has 34 heavy (non-hydrogen) atoms. The average Bonchev–Trinajstić information content (AvgIpc) is 3.09. The average molecular weight is 473 g/mol. The molecule has 0 bridgehead atoms. The van der Waals surface area contributed by atoms with Crippen LogP contribution in [-0.4, -0.2) is 40.5 Å². The van der Waals surface area contributed by atoms with Crippen LogP contribution in [0.1, 0.15) is 50.2 Å². The topological polar surface area (TPSA) is 113 Å². The summed E-state index contributed by atoms with van der Waals surface area (Å²) in [6.07, 6.45) is -4.81. The number of alkyl halides is 3. The number of nitrogens with one attached hydrogen (secondary N) is 2. The number of fused-ring (bicyclic) bond motifs is 1. The minimum absolute atomic E-state index is 0.0385. The number of hydrogen-bond donors (Lipinski definition) is 2. The van der Waals surface area contributed by atoms with Crippen molar-refractivity contribution in [2.24, 2.45) is 0 Å². The molecule has 176 valence electrons. The van der Waals surface area contributed by atoms with Gasteiger partial charge in [-0.2, -0.15) is 13.2 Å². The molecule has 1 atom stereocenters. The second-order valence-electron chi connectivity index (χ2n) is 7.99. The fraction of sp³-hybridized carbons (Fsp3) is 0.261. The summed E-state index contributed by atoms with van der Waals surface area (Å²) in [4.78, 5) is 63.0. The van der Waals surface area contributed by atoms with Crippen LogP contribution in [0.5, 0.6) is 0 Å². The van der Waals surface area contributed by atoms with E-state index in [0.717, 1.165) is 12.1 Å². The van der Waals surface area contributed by atoms with Gasteiger partial charge >= 0.3 is 6.18 Å². The van der Waals surface area contributed by atoms with Crippen molar-refractivity contribution in [3.8, 4) is 0 Å². The Kier molecular flexibility index (Phi) is 5.94. The highest BCUT2D eigenvalue weighted by molar-refractivity contribution is 6.14. The van der Waals surface area contributed by atoms with Gasteiger partial charge in [0.05, 0.1) is 23.1 Å². The Balaban J connectivity index is 1.49. The smallest absolute Gasteiger partial charge is 0.322 e. The minimum atomic E-state index is -4.57. The molecule has 2 aliphatic heterocycles. The van der Waals surface area contributed by atoms with E-state index in [9.17, 15) is 37.1 Å². The Morgan fingerprint density at radius 3 is 2.53 bits per heavy atom. The standard InChI is InChI=1S/C23H18F3N3O5/c24-23(25,26)14-5-1-3-12(9-14)10-18(31)28-20(32)15-6-2-4-13-11-29(22(34)19(13)15)16-7-8-17(30)27-21(16)33/h1-6,9,16H,7-8,10-11H2,(H,27,30,33)(H,28,31,32). The SMILES string of the molecule is O=C(Cc1cccc(C(F)(F)F)c1)NC(=O)c1cccc2c1C(=O)N(C1CCC(=O)NC1=O)C2. The molecule has 0 saturated carbocycles. The molecule has 1 fully saturated rings. The van der Waals surface area contributed by atoms with Gasteiger partial charge in [0.1, 0.15) is 6.04 Å². The second kappa shape index (κ2) is 8.73. The summed E-state index contributed by atoms with van der Waals surface area (Å²) < 4.78 is 38.6. The minimum Gasteiger partial charge on any atom is -0.322 e. The molecule has 5 amide bonds. The summed E-state index contributed by atoms with van der Waals surface area (Å²) in [5.74, 6) is -3.33. The first-order valence-electron chi connectivity index (χ1n) is 10.3. The largest absolute Gasteiger partial charge is 0.416 e. The molecule has 1 saturated heterocycles. The lowest BCUT2D eigenvalue weighted by molar-refractivity contribution is -0.138. The predicted molar refractivity (Wildman–Crippen MR) is 110 cm³/mol. The quantitative estimate of drug-likeness (QED) is 0.660. The monoisotopic (exact) mass is 473 g/mol. The second-order valence-corrected chi connectivity index (χ2v) is 7.99. The van der Waals surface area contributed by atoms with Crippen LogP contribution < -0.4 is 10.6 Å². The van der Waals surface area contributed by atoms with Crippen LogP contribution in [0.2, 0.25) is 0 Å². The number of imide groups is 2. The lowest BCUT2D eigenvalue weighted by Gasteiger charge is -2.29. The van der Waals surface area contributed by atoms with Crippen LogP contribution in [0.3, 0.4) is 0 Å². The highest BCUT2D eigenvalue weighted by atomic mass is 19.4. The van der Waals surface area contributed by atoms with Crippen LogP contribution in [0.25, 0.3) is 0 Å². The summed E-state index contributed by atoms with van der Waals surface area (Å²) in [5, 5.41) is 4.30. The molecular formula is C23H18F3N3O5. The van der Waals surface area contributed by atoms with Crippen molar-refractivity contribution in [2.75, 3.05) is 0 Å². The van der Waals surface area contributed by atoms with E-state index in [1.165, 1.54) is 29.2 Å². The van der Waals surface area contributed by atoms with E-state index in [0.29, 0.717) is 5.56 Å². The highest BCUT2D eigenvalue weighted by Crippen LogP contribution is 2.31. The molecule has 1 unspecified atom stereocenters. The van der Waals surface area contributed by atoms with Gasteiger partial charge in [-0.05, 0) is 29.7 Å². The predicted octanol–water partition coefficient (Wildman–Crippen LogP) is 1.97. The molecule has 2 aliphatic rings. The van der Waals surface area contributed by atoms with Crippen LogP contribution >= 0.6 is 0 Å². The summed E-state index contributed by atoms with van der Waals surface area (Å²) in [7, 11) is 0. The van der Waals surface area contributed by atoms with E-state index in [2.05, 4.69) is 10.6 Å². The van der Waals surface area contributed by atoms with Crippen molar-refractivity contribution in [2.45, 2.75) is 38.0 Å². The Bertz CT molecular complexity index is 1220. The summed E-state index contributed by atoms with van der Waals surface area (Å²) in [6, 6.07) is 7.81. The van der Waals surface area contributed by atoms with E-state index in [4.69, 9.17) is 0 Å². The molecule has 0 radical (unpaired) electrons. The third-order valence-electron chi connectivity index (χ3n) is 5.67. The molecule has 2 heterocycles. The number of halogens is 3. The first kappa shape index (κ1) is 23.1. The fourth-order valence-corrected chi connectivity index (χ4v) is 4.09. The summed E-state index contributed by atoms with van der Waals surface area (Å²) in [6.45, 7) is 0.0553. The molecule has 0 aliphatic carbocycles. The Morgan fingerprint density at radius 2 is 1.82 bits per heavy atom. The van der Waals surface area contributed by atoms with Gasteiger partial charge in [-0.3, -0.25) is 34.6 Å². The van der Waals surface area contributed by atoms with Crippen molar-refractivity contribution in [3.05, 3.63) is 70.3 Å². The Labute approximate surface area is 191 Å². The van der Waals surface area contributed by atoms with Crippen molar-refractivity contribution >= 4 is 29.5 Å². The summed E-state index contributed by atoms with van der Waals surface area (Å²) >= 11 is 0. The van der Waals surface area contributed by atoms with Gasteiger partial charge in [0.25, 0.3) is 11.8 Å².